The summed E-state index contributed by atoms with van der Waals surface area (Å²) in [6, 6.07) is 19.6. The lowest BCUT2D eigenvalue weighted by Gasteiger charge is -2.36. The molecule has 0 heterocycles. The van der Waals surface area contributed by atoms with Crippen molar-refractivity contribution in [1.82, 2.24) is 10.2 Å². The van der Waals surface area contributed by atoms with Gasteiger partial charge < -0.3 is 16.0 Å². The van der Waals surface area contributed by atoms with Crippen molar-refractivity contribution in [2.24, 2.45) is 5.73 Å². The average molecular weight is 486 g/mol. The van der Waals surface area contributed by atoms with E-state index in [1.165, 1.54) is 58.5 Å². The molecule has 3 rings (SSSR count). The summed E-state index contributed by atoms with van der Waals surface area (Å²) in [5, 5.41) is 3.83. The van der Waals surface area contributed by atoms with Gasteiger partial charge in [0.15, 0.2) is 0 Å². The van der Waals surface area contributed by atoms with Crippen molar-refractivity contribution in [2.75, 3.05) is 6.54 Å². The van der Waals surface area contributed by atoms with Gasteiger partial charge in [-0.3, -0.25) is 0 Å². The smallest absolute Gasteiger partial charge is 0.0550 e. The number of unbranched alkanes of at least 4 members (excludes halogenated alkanes) is 1. The minimum atomic E-state index is -0.374. The Morgan fingerprint density at radius 1 is 1.03 bits per heavy atom. The zero-order valence-electron chi connectivity index (χ0n) is 23.3. The molecule has 2 aromatic rings. The molecule has 1 aliphatic rings. The van der Waals surface area contributed by atoms with Gasteiger partial charge in [0.25, 0.3) is 0 Å². The van der Waals surface area contributed by atoms with Gasteiger partial charge in [-0.05, 0) is 76.5 Å². The Kier molecular flexibility index (Phi) is 10.0. The molecule has 3 N–H and O–H groups in total. The van der Waals surface area contributed by atoms with E-state index in [0.29, 0.717) is 0 Å². The van der Waals surface area contributed by atoms with Crippen molar-refractivity contribution in [3.63, 3.8) is 0 Å². The summed E-state index contributed by atoms with van der Waals surface area (Å²) in [4.78, 5) is 2.46. The Bertz CT molecular complexity index is 1050. The number of nitrogens with two attached hydrogens (primary N) is 1. The van der Waals surface area contributed by atoms with Gasteiger partial charge in [0.2, 0.25) is 0 Å². The minimum absolute atomic E-state index is 0.374. The van der Waals surface area contributed by atoms with E-state index in [2.05, 4.69) is 106 Å². The second-order valence-corrected chi connectivity index (χ2v) is 11.0. The number of nitrogens with one attached hydrogen (secondary N) is 1. The first kappa shape index (κ1) is 27.8. The Morgan fingerprint density at radius 2 is 1.69 bits per heavy atom. The highest BCUT2D eigenvalue weighted by Gasteiger charge is 2.26. The van der Waals surface area contributed by atoms with Crippen LogP contribution < -0.4 is 11.1 Å². The third-order valence-corrected chi connectivity index (χ3v) is 7.21. The van der Waals surface area contributed by atoms with Crippen LogP contribution in [-0.2, 0) is 13.0 Å². The third kappa shape index (κ3) is 7.86. The van der Waals surface area contributed by atoms with Gasteiger partial charge in [0, 0.05) is 30.1 Å². The maximum atomic E-state index is 6.64. The Balaban J connectivity index is 1.96. The predicted molar refractivity (Wildman–Crippen MR) is 155 cm³/mol. The van der Waals surface area contributed by atoms with E-state index in [4.69, 9.17) is 5.73 Å². The molecular formula is C33H47N3. The second kappa shape index (κ2) is 13.0. The maximum Gasteiger partial charge on any atom is 0.0550 e. The van der Waals surface area contributed by atoms with Crippen LogP contribution in [0.3, 0.4) is 0 Å². The Morgan fingerprint density at radius 3 is 2.25 bits per heavy atom. The number of benzene rings is 2. The molecule has 1 fully saturated rings. The minimum Gasteiger partial charge on any atom is -0.381 e. The lowest BCUT2D eigenvalue weighted by atomic mass is 9.84. The molecule has 0 amide bonds. The molecule has 0 aromatic heterocycles. The van der Waals surface area contributed by atoms with Crippen LogP contribution in [0.4, 0.5) is 0 Å². The lowest BCUT2D eigenvalue weighted by molar-refractivity contribution is 0.388. The van der Waals surface area contributed by atoms with Gasteiger partial charge in [0.05, 0.1) is 12.1 Å². The molecule has 0 spiro atoms. The first-order valence-electron chi connectivity index (χ1n) is 13.7. The van der Waals surface area contributed by atoms with Gasteiger partial charge in [-0.2, -0.15) is 0 Å². The summed E-state index contributed by atoms with van der Waals surface area (Å²) in [5.41, 5.74) is 16.7. The topological polar surface area (TPSA) is 41.3 Å². The lowest BCUT2D eigenvalue weighted by Crippen LogP contribution is -2.44. The Labute approximate surface area is 220 Å². The van der Waals surface area contributed by atoms with Gasteiger partial charge in [-0.25, -0.2) is 0 Å². The number of allylic oxidation sites excluding steroid dienone is 3. The highest BCUT2D eigenvalue weighted by atomic mass is 15.2. The van der Waals surface area contributed by atoms with Crippen molar-refractivity contribution in [2.45, 2.75) is 91.6 Å². The van der Waals surface area contributed by atoms with E-state index in [-0.39, 0.29) is 5.54 Å². The standard InChI is InChI=1S/C33H47N3/c1-7-8-13-26(3)31(23-35-32(33(5,6)34)30-16-12-17-30)36(24-29-20-18-25(2)19-21-29)27(4)22-28-14-10-9-11-15-28/h9-11,14-15,18-21,35H,4,7-8,12-13,16-17,22-24,34H2,1-3,5-6H3/b31-26+. The van der Waals surface area contributed by atoms with Gasteiger partial charge in [-0.15, -0.1) is 0 Å². The van der Waals surface area contributed by atoms with Crippen LogP contribution >= 0.6 is 0 Å². The highest BCUT2D eigenvalue weighted by molar-refractivity contribution is 5.31. The van der Waals surface area contributed by atoms with Crippen LogP contribution in [0.5, 0.6) is 0 Å². The van der Waals surface area contributed by atoms with Gasteiger partial charge >= 0.3 is 0 Å². The number of hydrogen-bond donors (Lipinski definition) is 2. The molecule has 194 valence electrons. The van der Waals surface area contributed by atoms with E-state index in [1.807, 2.05) is 0 Å². The zero-order chi connectivity index (χ0) is 26.1. The molecule has 2 aromatic carbocycles. The summed E-state index contributed by atoms with van der Waals surface area (Å²) in [5.74, 6) is 0. The Hall–Kier alpha value is -2.78. The van der Waals surface area contributed by atoms with E-state index in [1.54, 1.807) is 0 Å². The zero-order valence-corrected chi connectivity index (χ0v) is 23.3. The molecule has 36 heavy (non-hydrogen) atoms. The molecule has 0 saturated heterocycles. The van der Waals surface area contributed by atoms with Crippen LogP contribution in [0.2, 0.25) is 0 Å². The molecule has 1 aliphatic carbocycles. The first-order chi connectivity index (χ1) is 17.2. The maximum absolute atomic E-state index is 6.64. The molecular weight excluding hydrogens is 438 g/mol. The fourth-order valence-electron chi connectivity index (χ4n) is 4.85. The normalized spacial score (nSPS) is 14.1. The van der Waals surface area contributed by atoms with Crippen LogP contribution in [0.1, 0.15) is 82.9 Å². The number of nitrogens with zero attached hydrogens (tertiary/aromatic N) is 1. The summed E-state index contributed by atoms with van der Waals surface area (Å²) >= 11 is 0. The fourth-order valence-corrected chi connectivity index (χ4v) is 4.85. The largest absolute Gasteiger partial charge is 0.381 e. The van der Waals surface area contributed by atoms with Gasteiger partial charge in [0.1, 0.15) is 0 Å². The summed E-state index contributed by atoms with van der Waals surface area (Å²) < 4.78 is 0. The summed E-state index contributed by atoms with van der Waals surface area (Å²) in [6.45, 7) is 17.1. The molecule has 0 unspecified atom stereocenters. The van der Waals surface area contributed by atoms with Crippen molar-refractivity contribution in [3.05, 3.63) is 106 Å². The van der Waals surface area contributed by atoms with E-state index >= 15 is 0 Å². The van der Waals surface area contributed by atoms with Crippen LogP contribution in [0, 0.1) is 6.92 Å². The number of hydrogen-bond acceptors (Lipinski definition) is 3. The molecule has 0 aliphatic heterocycles. The summed E-state index contributed by atoms with van der Waals surface area (Å²) in [7, 11) is 0. The monoisotopic (exact) mass is 485 g/mol. The number of rotatable bonds is 13. The second-order valence-electron chi connectivity index (χ2n) is 11.0. The SMILES string of the molecule is C=C(Cc1ccccc1)N(Cc1ccc(C)cc1)/C(CNC(=C1CCC1)C(C)(C)N)=C(\C)CCCC. The molecule has 3 heteroatoms. The van der Waals surface area contributed by atoms with E-state index in [0.717, 1.165) is 44.5 Å². The molecule has 3 nitrogen and oxygen atoms in total. The van der Waals surface area contributed by atoms with Crippen LogP contribution in [-0.4, -0.2) is 17.0 Å². The first-order valence-corrected chi connectivity index (χ1v) is 13.7. The predicted octanol–water partition coefficient (Wildman–Crippen LogP) is 7.78. The third-order valence-electron chi connectivity index (χ3n) is 7.21. The average Bonchev–Trinajstić information content (AvgIpc) is 2.81. The van der Waals surface area contributed by atoms with Crippen molar-refractivity contribution in [1.29, 1.82) is 0 Å². The van der Waals surface area contributed by atoms with E-state index in [9.17, 15) is 0 Å². The van der Waals surface area contributed by atoms with Crippen molar-refractivity contribution >= 4 is 0 Å². The molecule has 1 saturated carbocycles. The van der Waals surface area contributed by atoms with Crippen molar-refractivity contribution in [3.8, 4) is 0 Å². The quantitative estimate of drug-likeness (QED) is 0.304. The number of aryl methyl sites for hydroxylation is 1. The van der Waals surface area contributed by atoms with Crippen LogP contribution in [0.25, 0.3) is 0 Å². The summed E-state index contributed by atoms with van der Waals surface area (Å²) in [6.07, 6.45) is 7.88. The molecule has 0 atom stereocenters. The molecule has 0 bridgehead atoms. The van der Waals surface area contributed by atoms with Crippen LogP contribution in [0.15, 0.2) is 89.4 Å². The van der Waals surface area contributed by atoms with Crippen molar-refractivity contribution < 1.29 is 0 Å². The molecule has 0 radical (unpaired) electrons. The highest BCUT2D eigenvalue weighted by Crippen LogP contribution is 2.32. The van der Waals surface area contributed by atoms with E-state index < -0.39 is 0 Å². The van der Waals surface area contributed by atoms with Gasteiger partial charge in [-0.1, -0.05) is 85.7 Å². The fraction of sp³-hybridized carbons (Fsp3) is 0.455.